The van der Waals surface area contributed by atoms with Gasteiger partial charge in [-0.15, -0.1) is 11.3 Å². The van der Waals surface area contributed by atoms with Crippen LogP contribution in [0, 0.1) is 0 Å². The first-order valence-corrected chi connectivity index (χ1v) is 17.7. The molecule has 0 bridgehead atoms. The van der Waals surface area contributed by atoms with Crippen LogP contribution in [0.5, 0.6) is 0 Å². The smallest absolute Gasteiger partial charge is 0.170 e. The van der Waals surface area contributed by atoms with Crippen molar-refractivity contribution < 1.29 is 25.5 Å². The van der Waals surface area contributed by atoms with E-state index in [-0.39, 0.29) is 11.5 Å². The third-order valence-corrected chi connectivity index (χ3v) is 10.6. The topological polar surface area (TPSA) is 132 Å². The summed E-state index contributed by atoms with van der Waals surface area (Å²) in [6.45, 7) is 8.17. The van der Waals surface area contributed by atoms with Gasteiger partial charge in [-0.1, -0.05) is 98.1 Å². The summed E-state index contributed by atoms with van der Waals surface area (Å²) in [5.74, 6) is -3.14. The number of thiophene rings is 1. The van der Waals surface area contributed by atoms with E-state index in [2.05, 4.69) is 84.5 Å². The molecule has 8 rings (SSSR count). The van der Waals surface area contributed by atoms with E-state index in [0.717, 1.165) is 32.9 Å². The van der Waals surface area contributed by atoms with Crippen LogP contribution >= 0.6 is 11.3 Å². The second kappa shape index (κ2) is 13.1. The van der Waals surface area contributed by atoms with Crippen LogP contribution < -0.4 is 0 Å². The lowest BCUT2D eigenvalue weighted by Crippen LogP contribution is -2.09. The zero-order valence-corrected chi connectivity index (χ0v) is 29.4. The van der Waals surface area contributed by atoms with Crippen molar-refractivity contribution in [2.75, 3.05) is 6.61 Å². The van der Waals surface area contributed by atoms with Gasteiger partial charge in [0, 0.05) is 43.1 Å². The molecule has 0 radical (unpaired) electrons. The lowest BCUT2D eigenvalue weighted by atomic mass is 9.99. The van der Waals surface area contributed by atoms with Gasteiger partial charge >= 0.3 is 0 Å². The lowest BCUT2D eigenvalue weighted by Gasteiger charge is -2.17. The fraction of sp³-hybridized carbons (Fsp3) is 0.0455. The number of hydrogen-bond acceptors (Lipinski definition) is 8. The molecule has 3 heterocycles. The fourth-order valence-corrected chi connectivity index (χ4v) is 8.43. The van der Waals surface area contributed by atoms with Gasteiger partial charge in [0.15, 0.2) is 28.9 Å². The predicted molar refractivity (Wildman–Crippen MR) is 218 cm³/mol. The Hall–Kier alpha value is -6.68. The minimum Gasteiger partial charge on any atom is -0.506 e. The Morgan fingerprint density at radius 2 is 1.47 bits per heavy atom. The maximum atomic E-state index is 11.0. The molecule has 0 fully saturated rings. The largest absolute Gasteiger partial charge is 0.506 e. The molecule has 53 heavy (non-hydrogen) atoms. The SMILES string of the molecule is C=Cc1c(/C=C\C)nc(-c2cccc(-n3c4ccccc4c4c5ccccc5c5c6ccccc6sc5c43)c2)nc1C(/C(O)=C(/O)CO)=C(\O)C(=C)O. The van der Waals surface area contributed by atoms with E-state index >= 15 is 0 Å². The number of aromatic nitrogens is 3. The van der Waals surface area contributed by atoms with Crippen LogP contribution in [0.4, 0.5) is 0 Å². The Bertz CT molecular complexity index is 2930. The van der Waals surface area contributed by atoms with Crippen molar-refractivity contribution in [1.29, 1.82) is 0 Å². The van der Waals surface area contributed by atoms with Gasteiger partial charge in [-0.25, -0.2) is 9.97 Å². The minimum atomic E-state index is -0.938. The van der Waals surface area contributed by atoms with E-state index in [1.165, 1.54) is 31.6 Å². The standard InChI is InChI=1S/C44H33N3O5S/c1-4-13-32-27(5-2)39(38(41(51)24(3)49)42(52)34(50)23-48)46-44(45-32)25-14-12-15-26(22-25)47-33-20-10-8-18-30(33)36-28-16-6-7-17-29(28)37-31-19-9-11-21-35(31)53-43(37)40(36)47/h4-22,48-52H,2-3,23H2,1H3/b13-4-,41-38+,42-34-. The van der Waals surface area contributed by atoms with E-state index in [0.29, 0.717) is 16.8 Å². The molecule has 5 N–H and O–H groups in total. The Kier molecular flexibility index (Phi) is 8.29. The second-order valence-electron chi connectivity index (χ2n) is 12.5. The van der Waals surface area contributed by atoms with Gasteiger partial charge in [-0.05, 0) is 48.0 Å². The normalized spacial score (nSPS) is 13.0. The van der Waals surface area contributed by atoms with Crippen LogP contribution in [0.2, 0.25) is 0 Å². The fourth-order valence-electron chi connectivity index (χ4n) is 7.17. The van der Waals surface area contributed by atoms with Gasteiger partial charge in [0.2, 0.25) is 0 Å². The minimum absolute atomic E-state index is 0.0518. The number of aliphatic hydroxyl groups excluding tert-OH is 5. The van der Waals surface area contributed by atoms with E-state index in [1.54, 1.807) is 23.5 Å². The molecule has 0 aliphatic carbocycles. The maximum absolute atomic E-state index is 11.0. The van der Waals surface area contributed by atoms with Crippen molar-refractivity contribution in [3.8, 4) is 17.1 Å². The molecule has 0 spiro atoms. The molecule has 0 amide bonds. The molecule has 0 aliphatic rings. The molecule has 3 aromatic heterocycles. The molecule has 260 valence electrons. The summed E-state index contributed by atoms with van der Waals surface area (Å²) in [7, 11) is 0. The molecule has 0 unspecified atom stereocenters. The lowest BCUT2D eigenvalue weighted by molar-refractivity contribution is 0.232. The summed E-state index contributed by atoms with van der Waals surface area (Å²) < 4.78 is 4.66. The van der Waals surface area contributed by atoms with Crippen molar-refractivity contribution >= 4 is 81.8 Å². The van der Waals surface area contributed by atoms with Crippen molar-refractivity contribution in [2.45, 2.75) is 6.92 Å². The highest BCUT2D eigenvalue weighted by Crippen LogP contribution is 2.48. The maximum Gasteiger partial charge on any atom is 0.170 e. The summed E-state index contributed by atoms with van der Waals surface area (Å²) in [6, 6.07) is 33.3. The summed E-state index contributed by atoms with van der Waals surface area (Å²) in [5, 5.41) is 59.2. The average molecular weight is 716 g/mol. The first-order chi connectivity index (χ1) is 25.8. The molecular weight excluding hydrogens is 683 g/mol. The molecule has 8 nitrogen and oxygen atoms in total. The molecule has 0 saturated carbocycles. The Balaban J connectivity index is 1.46. The Morgan fingerprint density at radius 1 is 0.792 bits per heavy atom. The molecule has 0 aliphatic heterocycles. The van der Waals surface area contributed by atoms with Crippen LogP contribution in [-0.4, -0.2) is 46.7 Å². The first-order valence-electron chi connectivity index (χ1n) is 16.8. The van der Waals surface area contributed by atoms with Gasteiger partial charge in [-0.3, -0.25) is 0 Å². The average Bonchev–Trinajstić information content (AvgIpc) is 3.75. The molecule has 9 heteroatoms. The van der Waals surface area contributed by atoms with E-state index in [9.17, 15) is 25.5 Å². The number of benzene rings is 5. The summed E-state index contributed by atoms with van der Waals surface area (Å²) in [6.07, 6.45) is 4.94. The molecular formula is C44H33N3O5S. The zero-order valence-electron chi connectivity index (χ0n) is 28.6. The van der Waals surface area contributed by atoms with Crippen LogP contribution in [0.15, 0.2) is 139 Å². The van der Waals surface area contributed by atoms with Crippen LogP contribution in [0.25, 0.3) is 87.6 Å². The van der Waals surface area contributed by atoms with E-state index < -0.39 is 35.2 Å². The summed E-state index contributed by atoms with van der Waals surface area (Å²) in [5.41, 5.74) is 3.77. The van der Waals surface area contributed by atoms with Crippen molar-refractivity contribution in [2.24, 2.45) is 0 Å². The highest BCUT2D eigenvalue weighted by atomic mass is 32.1. The van der Waals surface area contributed by atoms with Gasteiger partial charge in [0.25, 0.3) is 0 Å². The van der Waals surface area contributed by atoms with Crippen LogP contribution in [-0.2, 0) is 0 Å². The number of rotatable bonds is 8. The third-order valence-electron chi connectivity index (χ3n) is 9.42. The second-order valence-corrected chi connectivity index (χ2v) is 13.5. The molecule has 0 saturated heterocycles. The molecule has 8 aromatic rings. The highest BCUT2D eigenvalue weighted by Gasteiger charge is 2.26. The number of hydrogen-bond donors (Lipinski definition) is 5. The van der Waals surface area contributed by atoms with E-state index in [1.807, 2.05) is 37.3 Å². The van der Waals surface area contributed by atoms with Gasteiger partial charge in [0.1, 0.15) is 6.61 Å². The zero-order chi connectivity index (χ0) is 37.0. The first kappa shape index (κ1) is 33.5. The molecule has 5 aromatic carbocycles. The number of para-hydroxylation sites is 1. The molecule has 0 atom stereocenters. The van der Waals surface area contributed by atoms with E-state index in [4.69, 9.17) is 9.97 Å². The van der Waals surface area contributed by atoms with Crippen LogP contribution in [0.1, 0.15) is 23.9 Å². The summed E-state index contributed by atoms with van der Waals surface area (Å²) in [4.78, 5) is 9.65. The number of fused-ring (bicyclic) bond motifs is 10. The number of nitrogens with zero attached hydrogens (tertiary/aromatic N) is 3. The summed E-state index contributed by atoms with van der Waals surface area (Å²) >= 11 is 1.77. The Labute approximate surface area is 307 Å². The van der Waals surface area contributed by atoms with Gasteiger partial charge in [0.05, 0.1) is 32.7 Å². The quantitative estimate of drug-likeness (QED) is 0.0781. The number of aliphatic hydroxyl groups is 5. The Morgan fingerprint density at radius 3 is 2.17 bits per heavy atom. The predicted octanol–water partition coefficient (Wildman–Crippen LogP) is 11.1. The van der Waals surface area contributed by atoms with Crippen molar-refractivity contribution in [1.82, 2.24) is 14.5 Å². The van der Waals surface area contributed by atoms with Crippen molar-refractivity contribution in [3.63, 3.8) is 0 Å². The monoisotopic (exact) mass is 715 g/mol. The van der Waals surface area contributed by atoms with Crippen LogP contribution in [0.3, 0.4) is 0 Å². The van der Waals surface area contributed by atoms with Gasteiger partial charge in [-0.2, -0.15) is 0 Å². The van der Waals surface area contributed by atoms with Gasteiger partial charge < -0.3 is 30.1 Å². The third kappa shape index (κ3) is 5.25. The highest BCUT2D eigenvalue weighted by molar-refractivity contribution is 7.27. The number of allylic oxidation sites excluding steroid dienone is 2. The van der Waals surface area contributed by atoms with Crippen molar-refractivity contribution in [3.05, 3.63) is 156 Å².